The van der Waals surface area contributed by atoms with E-state index in [9.17, 15) is 9.59 Å². The first-order valence-corrected chi connectivity index (χ1v) is 22.0. The van der Waals surface area contributed by atoms with E-state index in [4.69, 9.17) is 10.7 Å². The zero-order valence-electron chi connectivity index (χ0n) is 34.5. The summed E-state index contributed by atoms with van der Waals surface area (Å²) < 4.78 is 1.80. The van der Waals surface area contributed by atoms with Crippen LogP contribution in [-0.4, -0.2) is 105 Å². The van der Waals surface area contributed by atoms with E-state index in [1.165, 1.54) is 11.1 Å². The first-order valence-electron chi connectivity index (χ1n) is 22.0. The molecule has 4 fully saturated rings. The van der Waals surface area contributed by atoms with Crippen molar-refractivity contribution in [3.63, 3.8) is 0 Å². The number of aromatic amines is 1. The lowest BCUT2D eigenvalue weighted by atomic mass is 10.0. The molecule has 4 N–H and O–H groups in total. The lowest BCUT2D eigenvalue weighted by Crippen LogP contribution is -2.52. The van der Waals surface area contributed by atoms with Crippen molar-refractivity contribution in [2.24, 2.45) is 5.73 Å². The predicted octanol–water partition coefficient (Wildman–Crippen LogP) is 7.22. The van der Waals surface area contributed by atoms with Crippen LogP contribution in [0.15, 0.2) is 109 Å². The molecule has 2 aromatic heterocycles. The molecular formula is C49H62N10O2. The van der Waals surface area contributed by atoms with E-state index >= 15 is 0 Å². The number of carbonyl (C=O) groups is 2. The third-order valence-corrected chi connectivity index (χ3v) is 12.7. The Morgan fingerprint density at radius 1 is 0.672 bits per heavy atom. The summed E-state index contributed by atoms with van der Waals surface area (Å²) >= 11 is 0. The smallest absolute Gasteiger partial charge is 0.256 e. The number of nitrogens with two attached hydrogens (primary N) is 1. The van der Waals surface area contributed by atoms with Gasteiger partial charge in [0.15, 0.2) is 0 Å². The van der Waals surface area contributed by atoms with Gasteiger partial charge in [0.05, 0.1) is 22.1 Å². The number of aromatic nitrogens is 4. The summed E-state index contributed by atoms with van der Waals surface area (Å²) in [6, 6.07) is 37.5. The van der Waals surface area contributed by atoms with Gasteiger partial charge in [0.2, 0.25) is 17.8 Å². The van der Waals surface area contributed by atoms with Crippen molar-refractivity contribution in [3.8, 4) is 0 Å². The number of H-pyrrole nitrogens is 1. The van der Waals surface area contributed by atoms with Gasteiger partial charge in [-0.25, -0.2) is 14.5 Å². The second-order valence-corrected chi connectivity index (χ2v) is 17.0. The summed E-state index contributed by atoms with van der Waals surface area (Å²) in [6.07, 6.45) is 8.49. The summed E-state index contributed by atoms with van der Waals surface area (Å²) in [6.45, 7) is 7.96. The predicted molar refractivity (Wildman–Crippen MR) is 246 cm³/mol. The van der Waals surface area contributed by atoms with E-state index in [0.717, 1.165) is 138 Å². The van der Waals surface area contributed by atoms with E-state index in [1.54, 1.807) is 4.57 Å². The Morgan fingerprint density at radius 3 is 2.00 bits per heavy atom. The summed E-state index contributed by atoms with van der Waals surface area (Å²) in [7, 11) is 0. The number of imidazole rings is 2. The van der Waals surface area contributed by atoms with Crippen molar-refractivity contribution in [2.75, 3.05) is 49.1 Å². The van der Waals surface area contributed by atoms with Gasteiger partial charge in [-0.05, 0) is 86.8 Å². The van der Waals surface area contributed by atoms with Crippen molar-refractivity contribution in [1.29, 1.82) is 0 Å². The molecule has 12 nitrogen and oxygen atoms in total. The SMILES string of the molecule is C.N[C@H]1CCN(Cc2ccccc2)C1.O=C(N[C@H]1CCN(Cc2ccccc2)C1)C1CCCCN1c1nc2ccccc2[nH]1.O=C1C2CCCCN2c2nc3ccccc3n21. The Kier molecular flexibility index (Phi) is 13.4. The highest BCUT2D eigenvalue weighted by Gasteiger charge is 2.41. The molecule has 0 saturated carbocycles. The number of hydrogen-bond acceptors (Lipinski definition) is 9. The Hall–Kier alpha value is -5.56. The average molecular weight is 823 g/mol. The lowest BCUT2D eigenvalue weighted by molar-refractivity contribution is -0.123. The van der Waals surface area contributed by atoms with Crippen LogP contribution in [0.1, 0.15) is 74.7 Å². The number of likely N-dealkylation sites (tertiary alicyclic amines) is 2. The molecule has 11 rings (SSSR count). The van der Waals surface area contributed by atoms with Gasteiger partial charge in [-0.3, -0.25) is 19.4 Å². The molecule has 6 aromatic rings. The fourth-order valence-corrected chi connectivity index (χ4v) is 9.61. The lowest BCUT2D eigenvalue weighted by Gasteiger charge is -2.35. The topological polar surface area (TPSA) is 132 Å². The minimum atomic E-state index is -0.150. The summed E-state index contributed by atoms with van der Waals surface area (Å²) in [5.41, 5.74) is 12.4. The van der Waals surface area contributed by atoms with Crippen LogP contribution in [0.2, 0.25) is 0 Å². The molecule has 12 heteroatoms. The maximum absolute atomic E-state index is 13.2. The van der Waals surface area contributed by atoms with Gasteiger partial charge in [0.1, 0.15) is 12.1 Å². The van der Waals surface area contributed by atoms with Crippen LogP contribution < -0.4 is 20.9 Å². The van der Waals surface area contributed by atoms with E-state index in [0.29, 0.717) is 6.04 Å². The Bertz CT molecular complexity index is 2330. The van der Waals surface area contributed by atoms with Gasteiger partial charge in [0.25, 0.3) is 5.91 Å². The number of rotatable bonds is 7. The monoisotopic (exact) mass is 823 g/mol. The van der Waals surface area contributed by atoms with Crippen LogP contribution in [0.25, 0.3) is 22.1 Å². The van der Waals surface area contributed by atoms with Crippen LogP contribution in [0.4, 0.5) is 11.9 Å². The van der Waals surface area contributed by atoms with Gasteiger partial charge >= 0.3 is 0 Å². The number of para-hydroxylation sites is 4. The number of nitrogens with zero attached hydrogens (tertiary/aromatic N) is 7. The highest BCUT2D eigenvalue weighted by molar-refractivity contribution is 6.02. The van der Waals surface area contributed by atoms with Gasteiger partial charge in [-0.15, -0.1) is 0 Å². The first-order chi connectivity index (χ1) is 29.5. The highest BCUT2D eigenvalue weighted by atomic mass is 16.2. The molecule has 0 bridgehead atoms. The first kappa shape index (κ1) is 42.1. The average Bonchev–Trinajstić information content (AvgIpc) is 4.13. The number of amides is 1. The summed E-state index contributed by atoms with van der Waals surface area (Å²) in [5, 5.41) is 3.33. The van der Waals surface area contributed by atoms with E-state index in [-0.39, 0.29) is 37.4 Å². The molecule has 2 unspecified atom stereocenters. The largest absolute Gasteiger partial charge is 0.350 e. The molecule has 61 heavy (non-hydrogen) atoms. The zero-order valence-corrected chi connectivity index (χ0v) is 34.5. The molecule has 4 saturated heterocycles. The third-order valence-electron chi connectivity index (χ3n) is 12.7. The molecule has 5 aliphatic heterocycles. The number of carbonyl (C=O) groups excluding carboxylic acids is 2. The van der Waals surface area contributed by atoms with Gasteiger partial charge in [-0.2, -0.15) is 0 Å². The fraction of sp³-hybridized carbons (Fsp3) is 0.429. The Morgan fingerprint density at radius 2 is 1.30 bits per heavy atom. The van der Waals surface area contributed by atoms with Crippen LogP contribution >= 0.6 is 0 Å². The van der Waals surface area contributed by atoms with Crippen molar-refractivity contribution >= 4 is 45.8 Å². The molecule has 5 aliphatic rings. The van der Waals surface area contributed by atoms with Crippen LogP contribution in [-0.2, 0) is 17.9 Å². The maximum atomic E-state index is 13.2. The van der Waals surface area contributed by atoms with Gasteiger partial charge in [-0.1, -0.05) is 92.4 Å². The zero-order chi connectivity index (χ0) is 40.8. The molecule has 0 radical (unpaired) electrons. The van der Waals surface area contributed by atoms with Crippen molar-refractivity contribution in [3.05, 3.63) is 120 Å². The van der Waals surface area contributed by atoms with Crippen LogP contribution in [0, 0.1) is 0 Å². The second kappa shape index (κ2) is 19.4. The minimum Gasteiger partial charge on any atom is -0.350 e. The van der Waals surface area contributed by atoms with E-state index < -0.39 is 0 Å². The molecular weight excluding hydrogens is 761 g/mol. The summed E-state index contributed by atoms with van der Waals surface area (Å²) in [4.78, 5) is 47.5. The molecule has 0 aliphatic carbocycles. The second-order valence-electron chi connectivity index (χ2n) is 17.0. The van der Waals surface area contributed by atoms with E-state index in [1.807, 2.05) is 48.5 Å². The minimum absolute atomic E-state index is 0. The standard InChI is InChI=1S/C24H29N5O.C13H13N3O.C11H16N2.CH4/c30-23(25-19-13-15-28(17-19)16-18-8-2-1-3-9-18)22-12-6-7-14-29(22)24-26-20-10-4-5-11-21(20)27-24;17-12-11-7-3-4-8-15(11)13-14-9-5-1-2-6-10(9)16(12)13;12-11-6-7-13(9-11)8-10-4-2-1-3-5-10;/h1-5,8-11,19,22H,6-7,12-17H2,(H,25,30)(H,26,27);1-2,5-6,11H,3-4,7-8H2;1-5,11H,6-9,12H2;1H4/t19-,22?;;11-;/m0.0./s1. The van der Waals surface area contributed by atoms with Crippen LogP contribution in [0.5, 0.6) is 0 Å². The van der Waals surface area contributed by atoms with E-state index in [2.05, 4.69) is 95.5 Å². The molecule has 0 spiro atoms. The number of benzene rings is 4. The Labute approximate surface area is 360 Å². The molecule has 7 heterocycles. The van der Waals surface area contributed by atoms with Gasteiger partial charge < -0.3 is 25.8 Å². The number of fused-ring (bicyclic) bond motifs is 6. The van der Waals surface area contributed by atoms with Crippen molar-refractivity contribution in [1.82, 2.24) is 34.6 Å². The van der Waals surface area contributed by atoms with Gasteiger partial charge in [0, 0.05) is 64.4 Å². The summed E-state index contributed by atoms with van der Waals surface area (Å²) in [5.74, 6) is 2.00. The molecule has 4 atom stereocenters. The van der Waals surface area contributed by atoms with Crippen LogP contribution in [0.3, 0.4) is 0 Å². The highest BCUT2D eigenvalue weighted by Crippen LogP contribution is 2.35. The molecule has 1 amide bonds. The van der Waals surface area contributed by atoms with Crippen molar-refractivity contribution in [2.45, 2.75) is 96.1 Å². The molecule has 320 valence electrons. The molecule has 4 aromatic carbocycles. The Balaban J connectivity index is 0.000000139. The number of piperidine rings is 2. The normalized spacial score (nSPS) is 22.5. The third kappa shape index (κ3) is 9.67. The maximum Gasteiger partial charge on any atom is 0.256 e. The number of nitrogens with one attached hydrogen (secondary N) is 2. The van der Waals surface area contributed by atoms with Crippen molar-refractivity contribution < 1.29 is 9.59 Å². The number of anilines is 2. The fourth-order valence-electron chi connectivity index (χ4n) is 9.61. The quantitative estimate of drug-likeness (QED) is 0.153. The number of hydrogen-bond donors (Lipinski definition) is 3.